The molecule has 3 aromatic rings. The molecule has 0 aliphatic rings. The molecular weight excluding hydrogens is 544 g/mol. The van der Waals surface area contributed by atoms with Crippen molar-refractivity contribution >= 4 is 50.0 Å². The molecule has 0 atom stereocenters. The van der Waals surface area contributed by atoms with Crippen molar-refractivity contribution in [3.05, 3.63) is 86.3 Å². The smallest absolute Gasteiger partial charge is 0.343 e. The van der Waals surface area contributed by atoms with E-state index in [9.17, 15) is 9.59 Å². The number of hydrogen-bond acceptors (Lipinski definition) is 6. The van der Waals surface area contributed by atoms with Crippen molar-refractivity contribution < 1.29 is 23.8 Å². The van der Waals surface area contributed by atoms with Crippen LogP contribution in [0.2, 0.25) is 0 Å². The molecule has 9 heteroatoms. The van der Waals surface area contributed by atoms with Gasteiger partial charge in [-0.1, -0.05) is 31.9 Å². The van der Waals surface area contributed by atoms with Crippen molar-refractivity contribution in [2.45, 2.75) is 0 Å². The van der Waals surface area contributed by atoms with Crippen molar-refractivity contribution in [2.75, 3.05) is 14.2 Å². The summed E-state index contributed by atoms with van der Waals surface area (Å²) in [5, 5.41) is 3.99. The first-order valence-corrected chi connectivity index (χ1v) is 10.8. The van der Waals surface area contributed by atoms with E-state index in [-0.39, 0.29) is 17.2 Å². The Hall–Kier alpha value is -3.17. The van der Waals surface area contributed by atoms with Crippen LogP contribution in [0.1, 0.15) is 26.3 Å². The number of benzene rings is 3. The van der Waals surface area contributed by atoms with Gasteiger partial charge < -0.3 is 14.2 Å². The summed E-state index contributed by atoms with van der Waals surface area (Å²) in [4.78, 5) is 24.9. The summed E-state index contributed by atoms with van der Waals surface area (Å²) in [5.74, 6) is 0.237. The van der Waals surface area contributed by atoms with Crippen LogP contribution in [0.3, 0.4) is 0 Å². The standard InChI is InChI=1S/C23H18Br2N2O5/c1-30-20-9-5-15(12-21(20)31-2)23(29)32-19-10-8-18(25)11-16(19)13-26-27-22(28)14-3-6-17(24)7-4-14/h3-13H,1-2H3,(H,27,28)/b26-13-. The van der Waals surface area contributed by atoms with Gasteiger partial charge in [0.05, 0.1) is 26.0 Å². The summed E-state index contributed by atoms with van der Waals surface area (Å²) in [6.45, 7) is 0. The fourth-order valence-corrected chi connectivity index (χ4v) is 3.30. The van der Waals surface area contributed by atoms with E-state index in [0.717, 1.165) is 8.95 Å². The minimum Gasteiger partial charge on any atom is -0.493 e. The topological polar surface area (TPSA) is 86.2 Å². The number of hydrazone groups is 1. The third-order valence-corrected chi connectivity index (χ3v) is 5.29. The maximum absolute atomic E-state index is 12.7. The van der Waals surface area contributed by atoms with Gasteiger partial charge in [0.25, 0.3) is 5.91 Å². The molecule has 0 unspecified atom stereocenters. The minimum atomic E-state index is -0.582. The molecule has 32 heavy (non-hydrogen) atoms. The highest BCUT2D eigenvalue weighted by Crippen LogP contribution is 2.29. The van der Waals surface area contributed by atoms with Crippen LogP contribution in [0.5, 0.6) is 17.2 Å². The lowest BCUT2D eigenvalue weighted by Gasteiger charge is -2.11. The molecule has 1 N–H and O–H groups in total. The van der Waals surface area contributed by atoms with E-state index < -0.39 is 5.97 Å². The molecule has 0 bridgehead atoms. The summed E-state index contributed by atoms with van der Waals surface area (Å²) in [6, 6.07) is 16.7. The van der Waals surface area contributed by atoms with E-state index in [1.807, 2.05) is 0 Å². The van der Waals surface area contributed by atoms with Crippen LogP contribution < -0.4 is 19.6 Å². The van der Waals surface area contributed by atoms with Crippen molar-refractivity contribution in [2.24, 2.45) is 5.10 Å². The molecule has 0 spiro atoms. The van der Waals surface area contributed by atoms with E-state index in [4.69, 9.17) is 14.2 Å². The largest absolute Gasteiger partial charge is 0.493 e. The molecular formula is C23H18Br2N2O5. The summed E-state index contributed by atoms with van der Waals surface area (Å²) in [7, 11) is 3.00. The summed E-state index contributed by atoms with van der Waals surface area (Å²) < 4.78 is 17.6. The van der Waals surface area contributed by atoms with E-state index in [0.29, 0.717) is 22.6 Å². The van der Waals surface area contributed by atoms with Gasteiger partial charge in [-0.25, -0.2) is 10.2 Å². The number of hydrogen-bond donors (Lipinski definition) is 1. The maximum atomic E-state index is 12.7. The van der Waals surface area contributed by atoms with Crippen LogP contribution in [0.25, 0.3) is 0 Å². The average Bonchev–Trinajstić information content (AvgIpc) is 2.80. The third-order valence-electron chi connectivity index (χ3n) is 4.27. The van der Waals surface area contributed by atoms with Gasteiger partial charge in [0.2, 0.25) is 0 Å². The highest BCUT2D eigenvalue weighted by Gasteiger charge is 2.15. The Kier molecular flexibility index (Phi) is 8.02. The third kappa shape index (κ3) is 5.95. The van der Waals surface area contributed by atoms with Gasteiger partial charge in [0.15, 0.2) is 11.5 Å². The van der Waals surface area contributed by atoms with Gasteiger partial charge in [-0.3, -0.25) is 4.79 Å². The fraction of sp³-hybridized carbons (Fsp3) is 0.0870. The Morgan fingerprint density at radius 1 is 0.812 bits per heavy atom. The second-order valence-electron chi connectivity index (χ2n) is 6.35. The summed E-state index contributed by atoms with van der Waals surface area (Å²) >= 11 is 6.71. The monoisotopic (exact) mass is 560 g/mol. The van der Waals surface area contributed by atoms with Crippen LogP contribution in [-0.2, 0) is 0 Å². The average molecular weight is 562 g/mol. The molecule has 164 valence electrons. The van der Waals surface area contributed by atoms with Gasteiger partial charge in [-0.2, -0.15) is 5.10 Å². The van der Waals surface area contributed by atoms with Crippen LogP contribution in [-0.4, -0.2) is 32.3 Å². The lowest BCUT2D eigenvalue weighted by molar-refractivity contribution is 0.0733. The zero-order chi connectivity index (χ0) is 23.1. The number of carbonyl (C=O) groups excluding carboxylic acids is 2. The number of nitrogens with zero attached hydrogens (tertiary/aromatic N) is 1. The van der Waals surface area contributed by atoms with Crippen molar-refractivity contribution in [3.8, 4) is 17.2 Å². The Morgan fingerprint density at radius 2 is 1.44 bits per heavy atom. The number of methoxy groups -OCH3 is 2. The van der Waals surface area contributed by atoms with E-state index in [2.05, 4.69) is 42.4 Å². The number of esters is 1. The van der Waals surface area contributed by atoms with Gasteiger partial charge in [-0.05, 0) is 60.7 Å². The van der Waals surface area contributed by atoms with Crippen LogP contribution in [0.15, 0.2) is 74.7 Å². The highest BCUT2D eigenvalue weighted by atomic mass is 79.9. The molecule has 3 aromatic carbocycles. The molecule has 0 radical (unpaired) electrons. The van der Waals surface area contributed by atoms with Crippen molar-refractivity contribution in [3.63, 3.8) is 0 Å². The maximum Gasteiger partial charge on any atom is 0.343 e. The first kappa shape index (κ1) is 23.5. The quantitative estimate of drug-likeness (QED) is 0.185. The second-order valence-corrected chi connectivity index (χ2v) is 8.18. The Morgan fingerprint density at radius 3 is 2.12 bits per heavy atom. The molecule has 1 amide bonds. The fourth-order valence-electron chi connectivity index (χ4n) is 2.66. The summed E-state index contributed by atoms with van der Waals surface area (Å²) in [6.07, 6.45) is 1.40. The number of nitrogens with one attached hydrogen (secondary N) is 1. The SMILES string of the molecule is COc1ccc(C(=O)Oc2ccc(Br)cc2/C=N\NC(=O)c2ccc(Br)cc2)cc1OC. The predicted molar refractivity (Wildman–Crippen MR) is 128 cm³/mol. The molecule has 0 heterocycles. The molecule has 7 nitrogen and oxygen atoms in total. The zero-order valence-electron chi connectivity index (χ0n) is 17.1. The Balaban J connectivity index is 1.76. The predicted octanol–water partition coefficient (Wildman–Crippen LogP) is 5.21. The number of amides is 1. The molecule has 3 rings (SSSR count). The van der Waals surface area contributed by atoms with E-state index >= 15 is 0 Å². The van der Waals surface area contributed by atoms with Crippen LogP contribution in [0, 0.1) is 0 Å². The first-order chi connectivity index (χ1) is 15.4. The number of ether oxygens (including phenoxy) is 3. The van der Waals surface area contributed by atoms with Crippen LogP contribution >= 0.6 is 31.9 Å². The molecule has 0 aliphatic carbocycles. The second kappa shape index (κ2) is 10.9. The van der Waals surface area contributed by atoms with Crippen molar-refractivity contribution in [1.29, 1.82) is 0 Å². The van der Waals surface area contributed by atoms with Gasteiger partial charge in [0.1, 0.15) is 5.75 Å². The van der Waals surface area contributed by atoms with Gasteiger partial charge >= 0.3 is 5.97 Å². The summed E-state index contributed by atoms with van der Waals surface area (Å²) in [5.41, 5.74) is 3.69. The lowest BCUT2D eigenvalue weighted by atomic mass is 10.2. The number of carbonyl (C=O) groups is 2. The van der Waals surface area contributed by atoms with Gasteiger partial charge in [0, 0.05) is 20.1 Å². The zero-order valence-corrected chi connectivity index (χ0v) is 20.3. The van der Waals surface area contributed by atoms with E-state index in [1.165, 1.54) is 26.5 Å². The van der Waals surface area contributed by atoms with Crippen LogP contribution in [0.4, 0.5) is 0 Å². The number of rotatable bonds is 7. The van der Waals surface area contributed by atoms with Crippen molar-refractivity contribution in [1.82, 2.24) is 5.43 Å². The first-order valence-electron chi connectivity index (χ1n) is 9.24. The number of halogens is 2. The van der Waals surface area contributed by atoms with E-state index in [1.54, 1.807) is 54.6 Å². The lowest BCUT2D eigenvalue weighted by Crippen LogP contribution is -2.17. The molecule has 0 fully saturated rings. The normalized spacial score (nSPS) is 10.6. The Bertz CT molecular complexity index is 1160. The molecule has 0 saturated heterocycles. The molecule has 0 saturated carbocycles. The molecule has 0 aromatic heterocycles. The molecule has 0 aliphatic heterocycles. The highest BCUT2D eigenvalue weighted by molar-refractivity contribution is 9.10. The Labute approximate surface area is 201 Å². The van der Waals surface area contributed by atoms with Gasteiger partial charge in [-0.15, -0.1) is 0 Å². The minimum absolute atomic E-state index is 0.273.